The Labute approximate surface area is 88.8 Å². The van der Waals surface area contributed by atoms with Crippen molar-refractivity contribution < 1.29 is 9.53 Å². The molecule has 3 heteroatoms. The van der Waals surface area contributed by atoms with Crippen LogP contribution in [0.15, 0.2) is 30.3 Å². The van der Waals surface area contributed by atoms with Gasteiger partial charge in [0.15, 0.2) is 0 Å². The van der Waals surface area contributed by atoms with Gasteiger partial charge in [-0.3, -0.25) is 4.79 Å². The minimum absolute atomic E-state index is 0.146. The molecule has 0 aliphatic rings. The lowest BCUT2D eigenvalue weighted by molar-refractivity contribution is -0.138. The van der Waals surface area contributed by atoms with E-state index < -0.39 is 0 Å². The largest absolute Gasteiger partial charge is 0.426 e. The number of para-hydroxylation sites is 1. The van der Waals surface area contributed by atoms with Crippen molar-refractivity contribution in [3.63, 3.8) is 0 Å². The van der Waals surface area contributed by atoms with Gasteiger partial charge in [-0.25, -0.2) is 0 Å². The molecule has 0 aliphatic carbocycles. The van der Waals surface area contributed by atoms with Gasteiger partial charge in [-0.2, -0.15) is 0 Å². The Kier molecular flexibility index (Phi) is 4.47. The number of esters is 1. The van der Waals surface area contributed by atoms with Crippen LogP contribution < -0.4 is 4.74 Å². The van der Waals surface area contributed by atoms with Crippen molar-refractivity contribution in [3.8, 4) is 5.75 Å². The first-order valence-corrected chi connectivity index (χ1v) is 5.10. The van der Waals surface area contributed by atoms with E-state index >= 15 is 0 Å². The third kappa shape index (κ3) is 3.38. The highest BCUT2D eigenvalue weighted by molar-refractivity contribution is 6.17. The van der Waals surface area contributed by atoms with E-state index in [1.807, 2.05) is 25.1 Å². The number of ether oxygens (including phenoxy) is 1. The van der Waals surface area contributed by atoms with Crippen LogP contribution in [0.2, 0.25) is 0 Å². The molecule has 2 nitrogen and oxygen atoms in total. The Morgan fingerprint density at radius 3 is 2.64 bits per heavy atom. The summed E-state index contributed by atoms with van der Waals surface area (Å²) in [5.41, 5.74) is 0. The molecule has 0 radical (unpaired) electrons. The van der Waals surface area contributed by atoms with Crippen molar-refractivity contribution in [2.75, 3.05) is 5.88 Å². The lowest BCUT2D eigenvalue weighted by Gasteiger charge is -2.08. The molecule has 1 unspecified atom stereocenters. The zero-order valence-corrected chi connectivity index (χ0v) is 8.83. The molecule has 0 spiro atoms. The van der Waals surface area contributed by atoms with E-state index in [0.717, 1.165) is 0 Å². The molecule has 1 atom stereocenters. The summed E-state index contributed by atoms with van der Waals surface area (Å²) in [6.45, 7) is 1.81. The van der Waals surface area contributed by atoms with Crippen molar-refractivity contribution in [1.82, 2.24) is 0 Å². The van der Waals surface area contributed by atoms with Crippen molar-refractivity contribution in [2.24, 2.45) is 5.92 Å². The number of hydrogen-bond acceptors (Lipinski definition) is 2. The van der Waals surface area contributed by atoms with Crippen molar-refractivity contribution in [2.45, 2.75) is 13.3 Å². The van der Waals surface area contributed by atoms with Gasteiger partial charge < -0.3 is 4.74 Å². The number of hydrogen-bond donors (Lipinski definition) is 0. The van der Waals surface area contributed by atoms with E-state index in [4.69, 9.17) is 16.3 Å². The Hall–Kier alpha value is -1.02. The second kappa shape index (κ2) is 5.66. The fourth-order valence-corrected chi connectivity index (χ4v) is 1.31. The summed E-state index contributed by atoms with van der Waals surface area (Å²) >= 11 is 5.54. The normalized spacial score (nSPS) is 12.1. The molecule has 0 heterocycles. The van der Waals surface area contributed by atoms with Gasteiger partial charge in [0, 0.05) is 5.88 Å². The minimum Gasteiger partial charge on any atom is -0.426 e. The zero-order valence-electron chi connectivity index (χ0n) is 8.07. The van der Waals surface area contributed by atoms with Crippen LogP contribution in [0.25, 0.3) is 0 Å². The van der Waals surface area contributed by atoms with Crippen LogP contribution in [0.5, 0.6) is 5.75 Å². The number of halogens is 1. The summed E-state index contributed by atoms with van der Waals surface area (Å²) in [6.07, 6.45) is 0.646. The molecule has 14 heavy (non-hydrogen) atoms. The average molecular weight is 213 g/mol. The van der Waals surface area contributed by atoms with E-state index in [-0.39, 0.29) is 11.9 Å². The third-order valence-electron chi connectivity index (χ3n) is 1.91. The van der Waals surface area contributed by atoms with Crippen molar-refractivity contribution >= 4 is 17.6 Å². The SMILES string of the molecule is CC(CCCl)C(=O)Oc1ccccc1. The third-order valence-corrected chi connectivity index (χ3v) is 2.12. The van der Waals surface area contributed by atoms with Crippen LogP contribution in [0.4, 0.5) is 0 Å². The smallest absolute Gasteiger partial charge is 0.314 e. The highest BCUT2D eigenvalue weighted by Gasteiger charge is 2.13. The number of benzene rings is 1. The summed E-state index contributed by atoms with van der Waals surface area (Å²) in [5.74, 6) is 0.689. The first-order valence-electron chi connectivity index (χ1n) is 4.56. The Balaban J connectivity index is 2.49. The molecular formula is C11H13ClO2. The Bertz CT molecular complexity index is 285. The molecule has 0 amide bonds. The van der Waals surface area contributed by atoms with E-state index in [0.29, 0.717) is 18.1 Å². The standard InChI is InChI=1S/C11H13ClO2/c1-9(7-8-12)11(13)14-10-5-3-2-4-6-10/h2-6,9H,7-8H2,1H3. The van der Waals surface area contributed by atoms with Gasteiger partial charge >= 0.3 is 5.97 Å². The maximum absolute atomic E-state index is 11.4. The fraction of sp³-hybridized carbons (Fsp3) is 0.364. The topological polar surface area (TPSA) is 26.3 Å². The highest BCUT2D eigenvalue weighted by Crippen LogP contribution is 2.12. The first kappa shape index (κ1) is 11.1. The summed E-state index contributed by atoms with van der Waals surface area (Å²) in [6, 6.07) is 9.04. The van der Waals surface area contributed by atoms with E-state index in [2.05, 4.69) is 0 Å². The Morgan fingerprint density at radius 1 is 1.43 bits per heavy atom. The lowest BCUT2D eigenvalue weighted by Crippen LogP contribution is -2.18. The molecule has 1 aromatic carbocycles. The van der Waals surface area contributed by atoms with Gasteiger partial charge in [-0.1, -0.05) is 25.1 Å². The highest BCUT2D eigenvalue weighted by atomic mass is 35.5. The quantitative estimate of drug-likeness (QED) is 0.436. The van der Waals surface area contributed by atoms with Gasteiger partial charge in [-0.05, 0) is 18.6 Å². The van der Waals surface area contributed by atoms with Crippen LogP contribution >= 0.6 is 11.6 Å². The molecule has 0 bridgehead atoms. The van der Waals surface area contributed by atoms with Gasteiger partial charge in [0.25, 0.3) is 0 Å². The second-order valence-corrected chi connectivity index (χ2v) is 3.49. The number of rotatable bonds is 4. The van der Waals surface area contributed by atoms with Crippen LogP contribution in [-0.4, -0.2) is 11.8 Å². The molecule has 0 N–H and O–H groups in total. The van der Waals surface area contributed by atoms with Gasteiger partial charge in [-0.15, -0.1) is 11.6 Å². The predicted molar refractivity (Wildman–Crippen MR) is 56.6 cm³/mol. The number of carbonyl (C=O) groups excluding carboxylic acids is 1. The van der Waals surface area contributed by atoms with Crippen molar-refractivity contribution in [3.05, 3.63) is 30.3 Å². The van der Waals surface area contributed by atoms with Gasteiger partial charge in [0.05, 0.1) is 5.92 Å². The summed E-state index contributed by atoms with van der Waals surface area (Å²) < 4.78 is 5.13. The van der Waals surface area contributed by atoms with Crippen LogP contribution in [0.3, 0.4) is 0 Å². The molecule has 0 saturated carbocycles. The molecule has 0 fully saturated rings. The van der Waals surface area contributed by atoms with E-state index in [1.165, 1.54) is 0 Å². The first-order chi connectivity index (χ1) is 6.74. The Morgan fingerprint density at radius 2 is 2.07 bits per heavy atom. The molecular weight excluding hydrogens is 200 g/mol. The van der Waals surface area contributed by atoms with Crippen LogP contribution in [0, 0.1) is 5.92 Å². The number of alkyl halides is 1. The summed E-state index contributed by atoms with van der Waals surface area (Å²) in [7, 11) is 0. The zero-order chi connectivity index (χ0) is 10.4. The monoisotopic (exact) mass is 212 g/mol. The maximum Gasteiger partial charge on any atom is 0.314 e. The van der Waals surface area contributed by atoms with Gasteiger partial charge in [0.1, 0.15) is 5.75 Å². The average Bonchev–Trinajstić information content (AvgIpc) is 2.19. The predicted octanol–water partition coefficient (Wildman–Crippen LogP) is 2.86. The molecule has 1 rings (SSSR count). The number of carbonyl (C=O) groups is 1. The van der Waals surface area contributed by atoms with E-state index in [1.54, 1.807) is 12.1 Å². The minimum atomic E-state index is -0.225. The second-order valence-electron chi connectivity index (χ2n) is 3.11. The molecule has 1 aromatic rings. The lowest BCUT2D eigenvalue weighted by atomic mass is 10.1. The molecule has 76 valence electrons. The molecule has 0 saturated heterocycles. The van der Waals surface area contributed by atoms with Crippen LogP contribution in [-0.2, 0) is 4.79 Å². The van der Waals surface area contributed by atoms with E-state index in [9.17, 15) is 4.79 Å². The van der Waals surface area contributed by atoms with Crippen LogP contribution in [0.1, 0.15) is 13.3 Å². The summed E-state index contributed by atoms with van der Waals surface area (Å²) in [4.78, 5) is 11.4. The fourth-order valence-electron chi connectivity index (χ4n) is 0.987. The molecule has 0 aliphatic heterocycles. The van der Waals surface area contributed by atoms with Gasteiger partial charge in [0.2, 0.25) is 0 Å². The maximum atomic E-state index is 11.4. The van der Waals surface area contributed by atoms with Crippen molar-refractivity contribution in [1.29, 1.82) is 0 Å². The molecule has 0 aromatic heterocycles. The summed E-state index contributed by atoms with van der Waals surface area (Å²) in [5, 5.41) is 0.